The van der Waals surface area contributed by atoms with Gasteiger partial charge in [-0.3, -0.25) is 9.59 Å². The molecule has 2 heterocycles. The van der Waals surface area contributed by atoms with E-state index in [0.717, 1.165) is 36.0 Å². The van der Waals surface area contributed by atoms with Gasteiger partial charge in [0.25, 0.3) is 5.91 Å². The number of anilines is 1. The van der Waals surface area contributed by atoms with E-state index >= 15 is 0 Å². The SMILES string of the molecule is O=C(Cc1cc2c(cc1Br)OCCO2)Nc1ccc(Cl)cc1C(=O)N1CCCC1. The molecular weight excluding hydrogens is 460 g/mol. The second-order valence-electron chi connectivity index (χ2n) is 7.00. The van der Waals surface area contributed by atoms with Crippen LogP contribution in [0.15, 0.2) is 34.8 Å². The summed E-state index contributed by atoms with van der Waals surface area (Å²) < 4.78 is 11.9. The summed E-state index contributed by atoms with van der Waals surface area (Å²) >= 11 is 9.59. The van der Waals surface area contributed by atoms with Crippen molar-refractivity contribution in [3.8, 4) is 11.5 Å². The van der Waals surface area contributed by atoms with Gasteiger partial charge in [-0.1, -0.05) is 27.5 Å². The van der Waals surface area contributed by atoms with Gasteiger partial charge in [0.15, 0.2) is 11.5 Å². The predicted octanol–water partition coefficient (Wildman–Crippen LogP) is 4.29. The molecule has 0 spiro atoms. The summed E-state index contributed by atoms with van der Waals surface area (Å²) in [6.45, 7) is 2.43. The average Bonchev–Trinajstić information content (AvgIpc) is 3.24. The second-order valence-corrected chi connectivity index (χ2v) is 8.29. The van der Waals surface area contributed by atoms with Gasteiger partial charge >= 0.3 is 0 Å². The molecule has 4 rings (SSSR count). The third-order valence-electron chi connectivity index (χ3n) is 4.94. The Bertz CT molecular complexity index is 960. The van der Waals surface area contributed by atoms with Crippen LogP contribution in [0.5, 0.6) is 11.5 Å². The molecule has 0 saturated carbocycles. The highest BCUT2D eigenvalue weighted by atomic mass is 79.9. The van der Waals surface area contributed by atoms with Crippen molar-refractivity contribution in [2.45, 2.75) is 19.3 Å². The summed E-state index contributed by atoms with van der Waals surface area (Å²) in [4.78, 5) is 27.4. The van der Waals surface area contributed by atoms with Gasteiger partial charge in [-0.25, -0.2) is 0 Å². The van der Waals surface area contributed by atoms with E-state index in [1.54, 1.807) is 29.2 Å². The Hall–Kier alpha value is -2.25. The lowest BCUT2D eigenvalue weighted by molar-refractivity contribution is -0.115. The Balaban J connectivity index is 1.52. The standard InChI is InChI=1S/C21H20BrClN2O4/c22-16-12-19-18(28-7-8-29-19)9-13(16)10-20(26)24-17-4-3-14(23)11-15(17)21(27)25-5-1-2-6-25/h3-4,9,11-12H,1-2,5-8,10H2,(H,24,26). The van der Waals surface area contributed by atoms with Crippen LogP contribution in [0.25, 0.3) is 0 Å². The number of fused-ring (bicyclic) bond motifs is 1. The van der Waals surface area contributed by atoms with Gasteiger partial charge < -0.3 is 19.7 Å². The van der Waals surface area contributed by atoms with E-state index in [1.807, 2.05) is 6.07 Å². The first kappa shape index (κ1) is 20.0. The van der Waals surface area contributed by atoms with Gasteiger partial charge in [-0.2, -0.15) is 0 Å². The number of hydrogen-bond acceptors (Lipinski definition) is 4. The van der Waals surface area contributed by atoms with Crippen LogP contribution in [-0.4, -0.2) is 43.0 Å². The molecule has 1 saturated heterocycles. The van der Waals surface area contributed by atoms with Gasteiger partial charge in [0.05, 0.1) is 17.7 Å². The van der Waals surface area contributed by atoms with Crippen LogP contribution < -0.4 is 14.8 Å². The van der Waals surface area contributed by atoms with Crippen molar-refractivity contribution in [1.82, 2.24) is 4.90 Å². The number of benzene rings is 2. The zero-order chi connectivity index (χ0) is 20.4. The number of hydrogen-bond donors (Lipinski definition) is 1. The molecular formula is C21H20BrClN2O4. The van der Waals surface area contributed by atoms with Crippen molar-refractivity contribution in [2.75, 3.05) is 31.6 Å². The van der Waals surface area contributed by atoms with E-state index in [0.29, 0.717) is 41.0 Å². The molecule has 1 N–H and O–H groups in total. The van der Waals surface area contributed by atoms with E-state index < -0.39 is 0 Å². The molecule has 0 aliphatic carbocycles. The molecule has 0 radical (unpaired) electrons. The van der Waals surface area contributed by atoms with Crippen molar-refractivity contribution < 1.29 is 19.1 Å². The van der Waals surface area contributed by atoms with Crippen molar-refractivity contribution in [3.05, 3.63) is 51.0 Å². The van der Waals surface area contributed by atoms with Gasteiger partial charge in [0, 0.05) is 22.6 Å². The summed E-state index contributed by atoms with van der Waals surface area (Å²) in [5.74, 6) is 0.933. The summed E-state index contributed by atoms with van der Waals surface area (Å²) in [6, 6.07) is 8.55. The fraction of sp³-hybridized carbons (Fsp3) is 0.333. The third kappa shape index (κ3) is 4.51. The maximum atomic E-state index is 12.9. The van der Waals surface area contributed by atoms with Crippen LogP contribution in [0.1, 0.15) is 28.8 Å². The van der Waals surface area contributed by atoms with E-state index in [4.69, 9.17) is 21.1 Å². The van der Waals surface area contributed by atoms with Gasteiger partial charge in [-0.15, -0.1) is 0 Å². The summed E-state index contributed by atoms with van der Waals surface area (Å²) in [7, 11) is 0. The lowest BCUT2D eigenvalue weighted by Crippen LogP contribution is -2.29. The molecule has 0 bridgehead atoms. The minimum absolute atomic E-state index is 0.110. The fourth-order valence-corrected chi connectivity index (χ4v) is 4.14. The van der Waals surface area contributed by atoms with E-state index in [9.17, 15) is 9.59 Å². The number of likely N-dealkylation sites (tertiary alicyclic amines) is 1. The summed E-state index contributed by atoms with van der Waals surface area (Å²) in [5, 5.41) is 3.32. The van der Waals surface area contributed by atoms with Crippen LogP contribution in [0.3, 0.4) is 0 Å². The Kier molecular flexibility index (Phi) is 5.96. The maximum Gasteiger partial charge on any atom is 0.256 e. The summed E-state index contributed by atoms with van der Waals surface area (Å²) in [6.07, 6.45) is 2.11. The third-order valence-corrected chi connectivity index (χ3v) is 5.91. The number of nitrogens with zero attached hydrogens (tertiary/aromatic N) is 1. The monoisotopic (exact) mass is 478 g/mol. The van der Waals surface area contributed by atoms with Crippen molar-refractivity contribution >= 4 is 45.0 Å². The Morgan fingerprint density at radius 3 is 2.48 bits per heavy atom. The number of rotatable bonds is 4. The summed E-state index contributed by atoms with van der Waals surface area (Å²) in [5.41, 5.74) is 1.65. The zero-order valence-corrected chi connectivity index (χ0v) is 18.0. The molecule has 0 atom stereocenters. The van der Waals surface area contributed by atoms with E-state index in [-0.39, 0.29) is 18.2 Å². The molecule has 0 aromatic heterocycles. The molecule has 6 nitrogen and oxygen atoms in total. The van der Waals surface area contributed by atoms with Crippen LogP contribution >= 0.6 is 27.5 Å². The molecule has 2 aromatic carbocycles. The van der Waals surface area contributed by atoms with Crippen molar-refractivity contribution in [2.24, 2.45) is 0 Å². The molecule has 2 aliphatic rings. The highest BCUT2D eigenvalue weighted by molar-refractivity contribution is 9.10. The van der Waals surface area contributed by atoms with Gasteiger partial charge in [0.1, 0.15) is 13.2 Å². The second kappa shape index (κ2) is 8.63. The molecule has 2 aliphatic heterocycles. The smallest absolute Gasteiger partial charge is 0.256 e. The number of ether oxygens (including phenoxy) is 2. The fourth-order valence-electron chi connectivity index (χ4n) is 3.50. The molecule has 0 unspecified atom stereocenters. The largest absolute Gasteiger partial charge is 0.486 e. The quantitative estimate of drug-likeness (QED) is 0.710. The number of nitrogens with one attached hydrogen (secondary N) is 1. The predicted molar refractivity (Wildman–Crippen MR) is 114 cm³/mol. The van der Waals surface area contributed by atoms with Crippen molar-refractivity contribution in [3.63, 3.8) is 0 Å². The normalized spacial score (nSPS) is 15.3. The van der Waals surface area contributed by atoms with Gasteiger partial charge in [-0.05, 0) is 48.7 Å². The number of carbonyl (C=O) groups excluding carboxylic acids is 2. The van der Waals surface area contributed by atoms with Crippen LogP contribution in [0.4, 0.5) is 5.69 Å². The van der Waals surface area contributed by atoms with Crippen LogP contribution in [-0.2, 0) is 11.2 Å². The highest BCUT2D eigenvalue weighted by Crippen LogP contribution is 2.36. The lowest BCUT2D eigenvalue weighted by atomic mass is 10.1. The number of carbonyl (C=O) groups is 2. The average molecular weight is 480 g/mol. The minimum atomic E-state index is -0.236. The number of halogens is 2. The first-order chi connectivity index (χ1) is 14.0. The zero-order valence-electron chi connectivity index (χ0n) is 15.7. The Labute approximate surface area is 182 Å². The molecule has 8 heteroatoms. The lowest BCUT2D eigenvalue weighted by Gasteiger charge is -2.20. The minimum Gasteiger partial charge on any atom is -0.486 e. The molecule has 2 amide bonds. The Morgan fingerprint density at radius 2 is 1.76 bits per heavy atom. The van der Waals surface area contributed by atoms with E-state index in [1.165, 1.54) is 0 Å². The first-order valence-electron chi connectivity index (χ1n) is 9.48. The molecule has 2 aromatic rings. The molecule has 29 heavy (non-hydrogen) atoms. The highest BCUT2D eigenvalue weighted by Gasteiger charge is 2.23. The van der Waals surface area contributed by atoms with Crippen LogP contribution in [0.2, 0.25) is 5.02 Å². The molecule has 1 fully saturated rings. The number of amides is 2. The van der Waals surface area contributed by atoms with Gasteiger partial charge in [0.2, 0.25) is 5.91 Å². The first-order valence-corrected chi connectivity index (χ1v) is 10.6. The maximum absolute atomic E-state index is 12.9. The van der Waals surface area contributed by atoms with Crippen LogP contribution in [0, 0.1) is 0 Å². The van der Waals surface area contributed by atoms with Crippen molar-refractivity contribution in [1.29, 1.82) is 0 Å². The van der Waals surface area contributed by atoms with E-state index in [2.05, 4.69) is 21.2 Å². The molecule has 152 valence electrons. The Morgan fingerprint density at radius 1 is 1.07 bits per heavy atom. The topological polar surface area (TPSA) is 67.9 Å².